The number of nitrogens with one attached hydrogen (secondary N) is 1. The molecular weight excluding hydrogens is 168 g/mol. The van der Waals surface area contributed by atoms with E-state index in [0.29, 0.717) is 6.01 Å². The first-order chi connectivity index (χ1) is 6.33. The minimum absolute atomic E-state index is 0.517. The molecule has 0 aliphatic carbocycles. The van der Waals surface area contributed by atoms with E-state index in [-0.39, 0.29) is 0 Å². The number of rotatable bonds is 2. The molecule has 2 aromatic rings. The smallest absolute Gasteiger partial charge is 0.294 e. The van der Waals surface area contributed by atoms with Crippen LogP contribution >= 0.6 is 0 Å². The predicted octanol–water partition coefficient (Wildman–Crippen LogP) is 1.58. The van der Waals surface area contributed by atoms with Gasteiger partial charge in [0, 0.05) is 6.07 Å². The van der Waals surface area contributed by atoms with E-state index in [1.165, 1.54) is 0 Å². The molecule has 13 heavy (non-hydrogen) atoms. The Hall–Kier alpha value is -1.71. The molecule has 0 bridgehead atoms. The highest BCUT2D eigenvalue weighted by molar-refractivity contribution is 5.77. The molecule has 2 rings (SSSR count). The van der Waals surface area contributed by atoms with E-state index < -0.39 is 0 Å². The lowest BCUT2D eigenvalue weighted by Crippen LogP contribution is -1.82. The lowest BCUT2D eigenvalue weighted by atomic mass is 10.3. The number of aromatic amines is 1. The Morgan fingerprint density at radius 1 is 1.23 bits per heavy atom. The molecule has 1 aromatic carbocycles. The number of hydrogen-bond donors (Lipinski definition) is 1. The monoisotopic (exact) mass is 178 g/mol. The number of ether oxygens (including phenoxy) is 2. The maximum absolute atomic E-state index is 5.08. The van der Waals surface area contributed by atoms with E-state index in [2.05, 4.69) is 9.97 Å². The van der Waals surface area contributed by atoms with Gasteiger partial charge in [-0.05, 0) is 12.1 Å². The average molecular weight is 178 g/mol. The Labute approximate surface area is 75.5 Å². The maximum Gasteiger partial charge on any atom is 0.294 e. The Kier molecular flexibility index (Phi) is 1.81. The van der Waals surface area contributed by atoms with Crippen LogP contribution in [0.3, 0.4) is 0 Å². The summed E-state index contributed by atoms with van der Waals surface area (Å²) in [5.74, 6) is 0.804. The third-order valence-electron chi connectivity index (χ3n) is 1.86. The molecule has 0 saturated carbocycles. The summed E-state index contributed by atoms with van der Waals surface area (Å²) < 4.78 is 10.0. The molecule has 0 amide bonds. The Morgan fingerprint density at radius 3 is 2.77 bits per heavy atom. The van der Waals surface area contributed by atoms with Gasteiger partial charge in [-0.2, -0.15) is 4.98 Å². The van der Waals surface area contributed by atoms with Crippen molar-refractivity contribution < 1.29 is 9.47 Å². The van der Waals surface area contributed by atoms with Gasteiger partial charge in [-0.15, -0.1) is 0 Å². The number of fused-ring (bicyclic) bond motifs is 1. The van der Waals surface area contributed by atoms with E-state index in [0.717, 1.165) is 16.8 Å². The maximum atomic E-state index is 5.08. The third kappa shape index (κ3) is 1.30. The molecule has 1 aromatic heterocycles. The van der Waals surface area contributed by atoms with Gasteiger partial charge in [0.25, 0.3) is 6.01 Å². The molecule has 1 N–H and O–H groups in total. The zero-order valence-electron chi connectivity index (χ0n) is 7.50. The molecule has 0 saturated heterocycles. The van der Waals surface area contributed by atoms with Gasteiger partial charge in [0.15, 0.2) is 0 Å². The van der Waals surface area contributed by atoms with Gasteiger partial charge in [-0.3, -0.25) is 0 Å². The van der Waals surface area contributed by atoms with E-state index in [1.54, 1.807) is 14.2 Å². The van der Waals surface area contributed by atoms with E-state index in [9.17, 15) is 0 Å². The van der Waals surface area contributed by atoms with Crippen LogP contribution < -0.4 is 9.47 Å². The van der Waals surface area contributed by atoms with Gasteiger partial charge in [0.2, 0.25) is 0 Å². The van der Waals surface area contributed by atoms with Gasteiger partial charge >= 0.3 is 0 Å². The van der Waals surface area contributed by atoms with Crippen LogP contribution in [0.25, 0.3) is 11.0 Å². The molecule has 4 nitrogen and oxygen atoms in total. The van der Waals surface area contributed by atoms with Crippen molar-refractivity contribution >= 4 is 11.0 Å². The number of methoxy groups -OCH3 is 2. The van der Waals surface area contributed by atoms with E-state index >= 15 is 0 Å². The third-order valence-corrected chi connectivity index (χ3v) is 1.86. The summed E-state index contributed by atoms with van der Waals surface area (Å²) in [4.78, 5) is 7.18. The van der Waals surface area contributed by atoms with Crippen LogP contribution in [0.2, 0.25) is 0 Å². The first-order valence-corrected chi connectivity index (χ1v) is 3.91. The number of hydrogen-bond acceptors (Lipinski definition) is 3. The van der Waals surface area contributed by atoms with Gasteiger partial charge in [-0.1, -0.05) is 0 Å². The molecule has 0 unspecified atom stereocenters. The van der Waals surface area contributed by atoms with Crippen LogP contribution in [0.15, 0.2) is 18.2 Å². The van der Waals surface area contributed by atoms with Crippen LogP contribution in [0.4, 0.5) is 0 Å². The van der Waals surface area contributed by atoms with Crippen LogP contribution in [-0.2, 0) is 0 Å². The number of aromatic nitrogens is 2. The molecule has 1 heterocycles. The fraction of sp³-hybridized carbons (Fsp3) is 0.222. The average Bonchev–Trinajstić information content (AvgIpc) is 2.58. The summed E-state index contributed by atoms with van der Waals surface area (Å²) in [6.07, 6.45) is 0. The topological polar surface area (TPSA) is 47.1 Å². The van der Waals surface area contributed by atoms with E-state index in [1.807, 2.05) is 18.2 Å². The van der Waals surface area contributed by atoms with Crippen molar-refractivity contribution in [3.05, 3.63) is 18.2 Å². The second-order valence-electron chi connectivity index (χ2n) is 2.63. The summed E-state index contributed by atoms with van der Waals surface area (Å²) in [5.41, 5.74) is 1.79. The van der Waals surface area contributed by atoms with Crippen molar-refractivity contribution in [1.82, 2.24) is 9.97 Å². The molecule has 0 atom stereocenters. The summed E-state index contributed by atoms with van der Waals surface area (Å²) in [6.45, 7) is 0. The number of imidazole rings is 1. The fourth-order valence-corrected chi connectivity index (χ4v) is 1.19. The lowest BCUT2D eigenvalue weighted by Gasteiger charge is -1.96. The van der Waals surface area contributed by atoms with Crippen molar-refractivity contribution in [1.29, 1.82) is 0 Å². The zero-order valence-corrected chi connectivity index (χ0v) is 7.50. The van der Waals surface area contributed by atoms with Crippen molar-refractivity contribution in [2.24, 2.45) is 0 Å². The summed E-state index contributed by atoms with van der Waals surface area (Å²) in [5, 5.41) is 0. The van der Waals surface area contributed by atoms with Crippen molar-refractivity contribution in [3.8, 4) is 11.8 Å². The van der Waals surface area contributed by atoms with E-state index in [4.69, 9.17) is 9.47 Å². The first kappa shape index (κ1) is 7.91. The van der Waals surface area contributed by atoms with Crippen LogP contribution in [0.5, 0.6) is 11.8 Å². The molecule has 0 radical (unpaired) electrons. The van der Waals surface area contributed by atoms with Crippen molar-refractivity contribution in [2.45, 2.75) is 0 Å². The van der Waals surface area contributed by atoms with Crippen LogP contribution in [0, 0.1) is 0 Å². The lowest BCUT2D eigenvalue weighted by molar-refractivity contribution is 0.386. The van der Waals surface area contributed by atoms with Crippen LogP contribution in [-0.4, -0.2) is 24.2 Å². The molecule has 68 valence electrons. The Bertz CT molecular complexity index is 420. The minimum Gasteiger partial charge on any atom is -0.497 e. The number of H-pyrrole nitrogens is 1. The highest BCUT2D eigenvalue weighted by atomic mass is 16.5. The predicted molar refractivity (Wildman–Crippen MR) is 49.2 cm³/mol. The minimum atomic E-state index is 0.517. The standard InChI is InChI=1S/C9H10N2O2/c1-12-6-3-4-7-8(5-6)11-9(10-7)13-2/h3-5H,1-2H3,(H,10,11). The second-order valence-corrected chi connectivity index (χ2v) is 2.63. The molecule has 0 aliphatic heterocycles. The Balaban J connectivity index is 2.57. The summed E-state index contributed by atoms with van der Waals surface area (Å²) in [7, 11) is 3.21. The quantitative estimate of drug-likeness (QED) is 0.759. The fourth-order valence-electron chi connectivity index (χ4n) is 1.19. The molecule has 0 aliphatic rings. The summed E-state index contributed by atoms with van der Waals surface area (Å²) >= 11 is 0. The SMILES string of the molecule is COc1ccc2nc(OC)[nH]c2c1. The number of benzene rings is 1. The second kappa shape index (κ2) is 2.97. The van der Waals surface area contributed by atoms with Gasteiger partial charge < -0.3 is 14.5 Å². The normalized spacial score (nSPS) is 10.3. The van der Waals surface area contributed by atoms with Crippen LogP contribution in [0.1, 0.15) is 0 Å². The number of nitrogens with zero attached hydrogens (tertiary/aromatic N) is 1. The molecule has 4 heteroatoms. The zero-order chi connectivity index (χ0) is 9.26. The Morgan fingerprint density at radius 2 is 2.08 bits per heavy atom. The summed E-state index contributed by atoms with van der Waals surface area (Å²) in [6, 6.07) is 6.14. The largest absolute Gasteiger partial charge is 0.497 e. The van der Waals surface area contributed by atoms with Gasteiger partial charge in [0.05, 0.1) is 25.3 Å². The first-order valence-electron chi connectivity index (χ1n) is 3.91. The van der Waals surface area contributed by atoms with Crippen molar-refractivity contribution in [2.75, 3.05) is 14.2 Å². The molecule has 0 spiro atoms. The van der Waals surface area contributed by atoms with Crippen molar-refractivity contribution in [3.63, 3.8) is 0 Å². The highest BCUT2D eigenvalue weighted by Gasteiger charge is 2.02. The highest BCUT2D eigenvalue weighted by Crippen LogP contribution is 2.20. The molecular formula is C9H10N2O2. The van der Waals surface area contributed by atoms with Gasteiger partial charge in [0.1, 0.15) is 5.75 Å². The van der Waals surface area contributed by atoms with Gasteiger partial charge in [-0.25, -0.2) is 0 Å². The molecule has 0 fully saturated rings.